The van der Waals surface area contributed by atoms with Crippen LogP contribution in [0.2, 0.25) is 5.02 Å². The van der Waals surface area contributed by atoms with Gasteiger partial charge in [0.1, 0.15) is 5.69 Å². The summed E-state index contributed by atoms with van der Waals surface area (Å²) in [4.78, 5) is 12.2. The molecule has 5 nitrogen and oxygen atoms in total. The standard InChI is InChI=1S/C19H18ClN3O2/c1-12-2-4-13(5-3-12)16-10-17(23-22-16)19(25)21-11-18(24)14-6-8-15(20)9-7-14/h2-10,18,24H,11H2,1H3,(H,21,25)(H,22,23). The first-order valence-corrected chi connectivity index (χ1v) is 8.25. The zero-order valence-corrected chi connectivity index (χ0v) is 14.4. The van der Waals surface area contributed by atoms with Crippen molar-refractivity contribution in [3.8, 4) is 11.3 Å². The van der Waals surface area contributed by atoms with Gasteiger partial charge >= 0.3 is 0 Å². The Hall–Kier alpha value is -2.63. The average molecular weight is 356 g/mol. The van der Waals surface area contributed by atoms with Crippen molar-refractivity contribution in [2.75, 3.05) is 6.54 Å². The third-order valence-corrected chi connectivity index (χ3v) is 4.13. The number of carbonyl (C=O) groups excluding carboxylic acids is 1. The maximum Gasteiger partial charge on any atom is 0.269 e. The molecule has 1 aromatic heterocycles. The van der Waals surface area contributed by atoms with Crippen LogP contribution in [0, 0.1) is 6.92 Å². The number of H-pyrrole nitrogens is 1. The van der Waals surface area contributed by atoms with Crippen LogP contribution in [0.25, 0.3) is 11.3 Å². The van der Waals surface area contributed by atoms with Gasteiger partial charge < -0.3 is 10.4 Å². The van der Waals surface area contributed by atoms with E-state index < -0.39 is 6.10 Å². The number of benzene rings is 2. The Balaban J connectivity index is 1.62. The first kappa shape index (κ1) is 17.2. The summed E-state index contributed by atoms with van der Waals surface area (Å²) in [6.07, 6.45) is -0.805. The molecule has 3 rings (SSSR count). The maximum absolute atomic E-state index is 12.2. The second-order valence-corrected chi connectivity index (χ2v) is 6.25. The number of nitrogens with zero attached hydrogens (tertiary/aromatic N) is 1. The minimum absolute atomic E-state index is 0.0966. The van der Waals surface area contributed by atoms with E-state index in [0.29, 0.717) is 22.0 Å². The number of aromatic nitrogens is 2. The Kier molecular flexibility index (Phi) is 5.16. The van der Waals surface area contributed by atoms with E-state index in [-0.39, 0.29) is 12.5 Å². The monoisotopic (exact) mass is 355 g/mol. The van der Waals surface area contributed by atoms with E-state index in [9.17, 15) is 9.90 Å². The highest BCUT2D eigenvalue weighted by atomic mass is 35.5. The fraction of sp³-hybridized carbons (Fsp3) is 0.158. The molecule has 0 aliphatic rings. The summed E-state index contributed by atoms with van der Waals surface area (Å²) in [5.41, 5.74) is 3.83. The number of hydrogen-bond donors (Lipinski definition) is 3. The molecule has 0 aliphatic heterocycles. The summed E-state index contributed by atoms with van der Waals surface area (Å²) < 4.78 is 0. The van der Waals surface area contributed by atoms with E-state index in [1.807, 2.05) is 31.2 Å². The second kappa shape index (κ2) is 7.51. The number of rotatable bonds is 5. The van der Waals surface area contributed by atoms with Crippen molar-refractivity contribution in [2.24, 2.45) is 0 Å². The molecule has 0 saturated carbocycles. The van der Waals surface area contributed by atoms with Gasteiger partial charge in [-0.05, 0) is 30.7 Å². The number of aliphatic hydroxyl groups excluding tert-OH is 1. The highest BCUT2D eigenvalue weighted by molar-refractivity contribution is 6.30. The first-order chi connectivity index (χ1) is 12.0. The molecule has 0 bridgehead atoms. The van der Waals surface area contributed by atoms with Crippen molar-refractivity contribution in [2.45, 2.75) is 13.0 Å². The number of amides is 1. The predicted octanol–water partition coefficient (Wildman–Crippen LogP) is 3.50. The van der Waals surface area contributed by atoms with Crippen LogP contribution >= 0.6 is 11.6 Å². The van der Waals surface area contributed by atoms with Crippen LogP contribution in [0.5, 0.6) is 0 Å². The number of aliphatic hydroxyl groups is 1. The zero-order chi connectivity index (χ0) is 17.8. The van der Waals surface area contributed by atoms with Gasteiger partial charge in [0.2, 0.25) is 0 Å². The molecule has 0 spiro atoms. The lowest BCUT2D eigenvalue weighted by atomic mass is 10.1. The Morgan fingerprint density at radius 2 is 1.88 bits per heavy atom. The molecule has 3 N–H and O–H groups in total. The number of carbonyl (C=O) groups is 1. The van der Waals surface area contributed by atoms with Gasteiger partial charge in [0, 0.05) is 17.1 Å². The van der Waals surface area contributed by atoms with Crippen LogP contribution in [0.15, 0.2) is 54.6 Å². The summed E-state index contributed by atoms with van der Waals surface area (Å²) >= 11 is 5.82. The molecule has 128 valence electrons. The van der Waals surface area contributed by atoms with Crippen LogP contribution < -0.4 is 5.32 Å². The molecule has 0 saturated heterocycles. The van der Waals surface area contributed by atoms with Gasteiger partial charge in [-0.3, -0.25) is 9.89 Å². The minimum Gasteiger partial charge on any atom is -0.387 e. The quantitative estimate of drug-likeness (QED) is 0.655. The molecule has 3 aromatic rings. The lowest BCUT2D eigenvalue weighted by Gasteiger charge is -2.11. The molecule has 1 heterocycles. The Morgan fingerprint density at radius 3 is 2.56 bits per heavy atom. The molecular formula is C19H18ClN3O2. The van der Waals surface area contributed by atoms with Gasteiger partial charge in [0.05, 0.1) is 11.8 Å². The zero-order valence-electron chi connectivity index (χ0n) is 13.7. The van der Waals surface area contributed by atoms with Gasteiger partial charge in [-0.15, -0.1) is 0 Å². The molecule has 1 atom stereocenters. The summed E-state index contributed by atoms with van der Waals surface area (Å²) in [5.74, 6) is -0.320. The fourth-order valence-corrected chi connectivity index (χ4v) is 2.52. The van der Waals surface area contributed by atoms with Gasteiger partial charge in [0.15, 0.2) is 0 Å². The van der Waals surface area contributed by atoms with E-state index in [2.05, 4.69) is 15.5 Å². The summed E-state index contributed by atoms with van der Waals surface area (Å²) in [6, 6.07) is 16.4. The van der Waals surface area contributed by atoms with Crippen LogP contribution in [0.3, 0.4) is 0 Å². The van der Waals surface area contributed by atoms with Crippen molar-refractivity contribution in [3.63, 3.8) is 0 Å². The highest BCUT2D eigenvalue weighted by Gasteiger charge is 2.13. The van der Waals surface area contributed by atoms with E-state index in [1.165, 1.54) is 0 Å². The molecule has 1 unspecified atom stereocenters. The van der Waals surface area contributed by atoms with Gasteiger partial charge in [0.25, 0.3) is 5.91 Å². The molecule has 0 fully saturated rings. The average Bonchev–Trinajstić information content (AvgIpc) is 3.11. The number of nitrogens with one attached hydrogen (secondary N) is 2. The van der Waals surface area contributed by atoms with Gasteiger partial charge in [-0.2, -0.15) is 5.10 Å². The Labute approximate surface area is 150 Å². The van der Waals surface area contributed by atoms with E-state index in [1.54, 1.807) is 30.3 Å². The van der Waals surface area contributed by atoms with Crippen LogP contribution in [-0.2, 0) is 0 Å². The van der Waals surface area contributed by atoms with Crippen molar-refractivity contribution < 1.29 is 9.90 Å². The molecule has 0 aliphatic carbocycles. The third kappa shape index (κ3) is 4.26. The first-order valence-electron chi connectivity index (χ1n) is 7.87. The van der Waals surface area contributed by atoms with Crippen molar-refractivity contribution in [1.82, 2.24) is 15.5 Å². The predicted molar refractivity (Wildman–Crippen MR) is 97.5 cm³/mol. The second-order valence-electron chi connectivity index (χ2n) is 5.81. The summed E-state index contributed by atoms with van der Waals surface area (Å²) in [5, 5.41) is 20.3. The number of aryl methyl sites for hydroxylation is 1. The fourth-order valence-electron chi connectivity index (χ4n) is 2.40. The molecule has 25 heavy (non-hydrogen) atoms. The maximum atomic E-state index is 12.2. The molecule has 2 aromatic carbocycles. The van der Waals surface area contributed by atoms with Crippen LogP contribution in [0.4, 0.5) is 0 Å². The summed E-state index contributed by atoms with van der Waals surface area (Å²) in [6.45, 7) is 2.11. The SMILES string of the molecule is Cc1ccc(-c2cc(C(=O)NCC(O)c3ccc(Cl)cc3)[nH]n2)cc1. The van der Waals surface area contributed by atoms with Crippen molar-refractivity contribution in [3.05, 3.63) is 76.4 Å². The largest absolute Gasteiger partial charge is 0.387 e. The van der Waals surface area contributed by atoms with Crippen molar-refractivity contribution in [1.29, 1.82) is 0 Å². The van der Waals surface area contributed by atoms with Gasteiger partial charge in [-0.25, -0.2) is 0 Å². The smallest absolute Gasteiger partial charge is 0.269 e. The van der Waals surface area contributed by atoms with Gasteiger partial charge in [-0.1, -0.05) is 53.6 Å². The Morgan fingerprint density at radius 1 is 1.20 bits per heavy atom. The van der Waals surface area contributed by atoms with E-state index >= 15 is 0 Å². The number of aromatic amines is 1. The molecular weight excluding hydrogens is 338 g/mol. The number of hydrogen-bond acceptors (Lipinski definition) is 3. The lowest BCUT2D eigenvalue weighted by Crippen LogP contribution is -2.28. The number of halogens is 1. The minimum atomic E-state index is -0.805. The van der Waals surface area contributed by atoms with E-state index in [4.69, 9.17) is 11.6 Å². The molecule has 6 heteroatoms. The van der Waals surface area contributed by atoms with Crippen LogP contribution in [-0.4, -0.2) is 27.8 Å². The topological polar surface area (TPSA) is 78.0 Å². The third-order valence-electron chi connectivity index (χ3n) is 3.88. The normalized spacial score (nSPS) is 12.0. The summed E-state index contributed by atoms with van der Waals surface area (Å²) in [7, 11) is 0. The highest BCUT2D eigenvalue weighted by Crippen LogP contribution is 2.19. The molecule has 0 radical (unpaired) electrons. The van der Waals surface area contributed by atoms with Crippen molar-refractivity contribution >= 4 is 17.5 Å². The van der Waals surface area contributed by atoms with E-state index in [0.717, 1.165) is 11.1 Å². The Bertz CT molecular complexity index is 857. The van der Waals surface area contributed by atoms with Crippen LogP contribution in [0.1, 0.15) is 27.7 Å². The molecule has 1 amide bonds. The lowest BCUT2D eigenvalue weighted by molar-refractivity contribution is 0.0911.